The molecule has 4 nitrogen and oxygen atoms in total. The van der Waals surface area contributed by atoms with Crippen molar-refractivity contribution in [3.63, 3.8) is 0 Å². The fourth-order valence-electron chi connectivity index (χ4n) is 0.963. The molecule has 84 valence electrons. The van der Waals surface area contributed by atoms with Gasteiger partial charge in [-0.3, -0.25) is 4.18 Å². The fourth-order valence-corrected chi connectivity index (χ4v) is 1.58. The number of halogens is 1. The van der Waals surface area contributed by atoms with Gasteiger partial charge in [0.1, 0.15) is 11.3 Å². The summed E-state index contributed by atoms with van der Waals surface area (Å²) in [7, 11) is -3.40. The molecular weight excluding hydrogens is 284 g/mol. The number of ether oxygens (including phenoxy) is 1. The Balaban J connectivity index is 2.65. The van der Waals surface area contributed by atoms with Crippen LogP contribution in [0.3, 0.4) is 0 Å². The Morgan fingerprint density at radius 1 is 1.40 bits per heavy atom. The molecule has 0 saturated carbocycles. The number of rotatable bonds is 5. The summed E-state index contributed by atoms with van der Waals surface area (Å²) in [5.74, 6) is 0.668. The van der Waals surface area contributed by atoms with E-state index in [9.17, 15) is 8.42 Å². The van der Waals surface area contributed by atoms with Gasteiger partial charge in [0.15, 0.2) is 0 Å². The summed E-state index contributed by atoms with van der Waals surface area (Å²) in [4.78, 5) is 0. The molecule has 0 fully saturated rings. The fraction of sp³-hybridized carbons (Fsp3) is 0.333. The van der Waals surface area contributed by atoms with E-state index in [4.69, 9.17) is 4.74 Å². The highest BCUT2D eigenvalue weighted by Gasteiger charge is 2.03. The first-order valence-electron chi connectivity index (χ1n) is 4.13. The summed E-state index contributed by atoms with van der Waals surface area (Å²) < 4.78 is 31.4. The van der Waals surface area contributed by atoms with Crippen molar-refractivity contribution in [3.8, 4) is 5.75 Å². The third-order valence-corrected chi connectivity index (χ3v) is 2.33. The van der Waals surface area contributed by atoms with Crippen LogP contribution in [0.25, 0.3) is 0 Å². The SMILES string of the molecule is CS(=O)(=O)OCc1cccc(OCBr)c1. The molecule has 6 heteroatoms. The van der Waals surface area contributed by atoms with Gasteiger partial charge in [-0.05, 0) is 33.6 Å². The van der Waals surface area contributed by atoms with Gasteiger partial charge in [0.2, 0.25) is 0 Å². The molecule has 15 heavy (non-hydrogen) atoms. The van der Waals surface area contributed by atoms with Crippen molar-refractivity contribution in [1.82, 2.24) is 0 Å². The summed E-state index contributed by atoms with van der Waals surface area (Å²) in [6, 6.07) is 7.06. The highest BCUT2D eigenvalue weighted by Crippen LogP contribution is 2.15. The molecule has 0 N–H and O–H groups in total. The van der Waals surface area contributed by atoms with Crippen LogP contribution < -0.4 is 4.74 Å². The molecule has 1 aromatic rings. The minimum absolute atomic E-state index is 0.0261. The van der Waals surface area contributed by atoms with Crippen molar-refractivity contribution in [2.75, 3.05) is 11.8 Å². The van der Waals surface area contributed by atoms with Crippen LogP contribution in [0.4, 0.5) is 0 Å². The second-order valence-corrected chi connectivity index (χ2v) is 4.97. The molecule has 0 heterocycles. The lowest BCUT2D eigenvalue weighted by Gasteiger charge is -2.05. The van der Waals surface area contributed by atoms with E-state index in [-0.39, 0.29) is 6.61 Å². The highest BCUT2D eigenvalue weighted by atomic mass is 79.9. The van der Waals surface area contributed by atoms with E-state index in [2.05, 4.69) is 20.1 Å². The van der Waals surface area contributed by atoms with Crippen LogP contribution in [-0.2, 0) is 20.9 Å². The zero-order chi connectivity index (χ0) is 11.3. The number of hydrogen-bond donors (Lipinski definition) is 0. The Labute approximate surface area is 97.5 Å². The first kappa shape index (κ1) is 12.5. The minimum Gasteiger partial charge on any atom is -0.482 e. The lowest BCUT2D eigenvalue weighted by molar-refractivity contribution is 0.310. The Morgan fingerprint density at radius 2 is 2.13 bits per heavy atom. The van der Waals surface area contributed by atoms with Crippen LogP contribution in [0.2, 0.25) is 0 Å². The molecule has 0 bridgehead atoms. The molecular formula is C9H11BrO4S. The second-order valence-electron chi connectivity index (χ2n) is 2.87. The van der Waals surface area contributed by atoms with Gasteiger partial charge in [-0.1, -0.05) is 12.1 Å². The van der Waals surface area contributed by atoms with Crippen LogP contribution in [0.15, 0.2) is 24.3 Å². The van der Waals surface area contributed by atoms with Crippen molar-refractivity contribution in [1.29, 1.82) is 0 Å². The standard InChI is InChI=1S/C9H11BrO4S/c1-15(11,12)14-6-8-3-2-4-9(5-8)13-7-10/h2-5H,6-7H2,1H3. The molecule has 0 aliphatic heterocycles. The lowest BCUT2D eigenvalue weighted by Crippen LogP contribution is -2.02. The molecule has 0 saturated heterocycles. The zero-order valence-electron chi connectivity index (χ0n) is 8.14. The summed E-state index contributed by atoms with van der Waals surface area (Å²) in [6.07, 6.45) is 1.02. The molecule has 0 spiro atoms. The van der Waals surface area contributed by atoms with Crippen molar-refractivity contribution < 1.29 is 17.3 Å². The third kappa shape index (κ3) is 5.15. The van der Waals surface area contributed by atoms with Gasteiger partial charge in [0.05, 0.1) is 12.9 Å². The summed E-state index contributed by atoms with van der Waals surface area (Å²) >= 11 is 3.13. The zero-order valence-corrected chi connectivity index (χ0v) is 10.5. The predicted octanol–water partition coefficient (Wildman–Crippen LogP) is 1.89. The van der Waals surface area contributed by atoms with Gasteiger partial charge in [0, 0.05) is 0 Å². The second kappa shape index (κ2) is 5.48. The minimum atomic E-state index is -3.40. The van der Waals surface area contributed by atoms with Gasteiger partial charge in [-0.2, -0.15) is 8.42 Å². The average molecular weight is 295 g/mol. The maximum atomic E-state index is 10.8. The molecule has 0 amide bonds. The molecule has 0 aliphatic carbocycles. The molecule has 1 aromatic carbocycles. The molecule has 1 rings (SSSR count). The Kier molecular flexibility index (Phi) is 4.56. The Morgan fingerprint density at radius 3 is 2.73 bits per heavy atom. The van der Waals surface area contributed by atoms with Crippen LogP contribution in [0.5, 0.6) is 5.75 Å². The molecule has 0 aliphatic rings. The summed E-state index contributed by atoms with van der Waals surface area (Å²) in [5, 5.41) is 0. The van der Waals surface area contributed by atoms with Crippen molar-refractivity contribution >= 4 is 26.0 Å². The van der Waals surface area contributed by atoms with E-state index < -0.39 is 10.1 Å². The molecule has 0 unspecified atom stereocenters. The summed E-state index contributed by atoms with van der Waals surface area (Å²) in [6.45, 7) is 0.0261. The van der Waals surface area contributed by atoms with Gasteiger partial charge < -0.3 is 4.74 Å². The maximum Gasteiger partial charge on any atom is 0.264 e. The Bertz CT molecular complexity index is 416. The molecule has 0 aromatic heterocycles. The van der Waals surface area contributed by atoms with Gasteiger partial charge >= 0.3 is 0 Å². The number of hydrogen-bond acceptors (Lipinski definition) is 4. The first-order chi connectivity index (χ1) is 7.01. The van der Waals surface area contributed by atoms with Gasteiger partial charge in [-0.15, -0.1) is 0 Å². The van der Waals surface area contributed by atoms with E-state index in [1.165, 1.54) is 0 Å². The van der Waals surface area contributed by atoms with Crippen LogP contribution in [-0.4, -0.2) is 20.2 Å². The van der Waals surface area contributed by atoms with E-state index in [0.717, 1.165) is 11.8 Å². The lowest BCUT2D eigenvalue weighted by atomic mass is 10.2. The van der Waals surface area contributed by atoms with E-state index in [1.807, 2.05) is 0 Å². The van der Waals surface area contributed by atoms with Crippen LogP contribution in [0, 0.1) is 0 Å². The van der Waals surface area contributed by atoms with E-state index in [0.29, 0.717) is 11.3 Å². The summed E-state index contributed by atoms with van der Waals surface area (Å²) in [5.41, 5.74) is 1.14. The monoisotopic (exact) mass is 294 g/mol. The van der Waals surface area contributed by atoms with Gasteiger partial charge in [-0.25, -0.2) is 0 Å². The van der Waals surface area contributed by atoms with Gasteiger partial charge in [0.25, 0.3) is 10.1 Å². The van der Waals surface area contributed by atoms with E-state index in [1.54, 1.807) is 24.3 Å². The normalized spacial score (nSPS) is 11.3. The van der Waals surface area contributed by atoms with Crippen molar-refractivity contribution in [3.05, 3.63) is 29.8 Å². The maximum absolute atomic E-state index is 10.8. The van der Waals surface area contributed by atoms with Crippen LogP contribution >= 0.6 is 15.9 Å². The quantitative estimate of drug-likeness (QED) is 0.615. The van der Waals surface area contributed by atoms with Crippen LogP contribution in [0.1, 0.15) is 5.56 Å². The topological polar surface area (TPSA) is 52.6 Å². The highest BCUT2D eigenvalue weighted by molar-refractivity contribution is 9.09. The molecule has 0 radical (unpaired) electrons. The smallest absolute Gasteiger partial charge is 0.264 e. The predicted molar refractivity (Wildman–Crippen MR) is 60.5 cm³/mol. The Hall–Kier alpha value is -0.590. The van der Waals surface area contributed by atoms with Crippen molar-refractivity contribution in [2.45, 2.75) is 6.61 Å². The third-order valence-electron chi connectivity index (χ3n) is 1.56. The molecule has 0 atom stereocenters. The van der Waals surface area contributed by atoms with E-state index >= 15 is 0 Å². The first-order valence-corrected chi connectivity index (χ1v) is 7.07. The number of benzene rings is 1. The number of alkyl halides is 1. The average Bonchev–Trinajstić information content (AvgIpc) is 2.15. The van der Waals surface area contributed by atoms with Crippen molar-refractivity contribution in [2.24, 2.45) is 0 Å². The largest absolute Gasteiger partial charge is 0.482 e.